The van der Waals surface area contributed by atoms with Gasteiger partial charge in [-0.15, -0.1) is 11.0 Å². The van der Waals surface area contributed by atoms with E-state index in [1.165, 1.54) is 10.7 Å². The predicted octanol–water partition coefficient (Wildman–Crippen LogP) is 2.77. The van der Waals surface area contributed by atoms with E-state index in [4.69, 9.17) is 0 Å². The number of aromatic nitrogens is 4. The largest absolute Gasteiger partial charge is 0.433 e. The van der Waals surface area contributed by atoms with Crippen LogP contribution in [0.4, 0.5) is 13.2 Å². The first-order valence-corrected chi connectivity index (χ1v) is 5.90. The van der Waals surface area contributed by atoms with E-state index in [-0.39, 0.29) is 0 Å². The number of rotatable bonds is 2. The Balaban J connectivity index is 2.24. The Morgan fingerprint density at radius 3 is 2.80 bits per heavy atom. The standard InChI is InChI=1S/C13H11F3N4/c1-2-3-4-7-20-9-11(18-19-20)10-5-6-17-12(8-10)13(14,15)16/h5-6,8-9H,2,7H2,1H3. The molecule has 4 nitrogen and oxygen atoms in total. The SMILES string of the molecule is CCC#CCn1cc(-c2ccnc(C(F)(F)F)c2)nn1. The van der Waals surface area contributed by atoms with Gasteiger partial charge in [0.2, 0.25) is 0 Å². The highest BCUT2D eigenvalue weighted by Crippen LogP contribution is 2.29. The van der Waals surface area contributed by atoms with E-state index in [2.05, 4.69) is 27.1 Å². The number of halogens is 3. The zero-order valence-corrected chi connectivity index (χ0v) is 10.6. The van der Waals surface area contributed by atoms with Crippen LogP contribution in [0.15, 0.2) is 24.5 Å². The number of hydrogen-bond donors (Lipinski definition) is 0. The molecule has 0 unspecified atom stereocenters. The van der Waals surface area contributed by atoms with Gasteiger partial charge < -0.3 is 0 Å². The highest BCUT2D eigenvalue weighted by molar-refractivity contribution is 5.57. The summed E-state index contributed by atoms with van der Waals surface area (Å²) in [6, 6.07) is 2.41. The summed E-state index contributed by atoms with van der Waals surface area (Å²) in [5.41, 5.74) is -0.270. The van der Waals surface area contributed by atoms with Gasteiger partial charge in [0, 0.05) is 18.2 Å². The van der Waals surface area contributed by atoms with Crippen LogP contribution in [0.25, 0.3) is 11.3 Å². The molecule has 104 valence electrons. The molecule has 0 aromatic carbocycles. The van der Waals surface area contributed by atoms with Crippen LogP contribution in [0.2, 0.25) is 0 Å². The fourth-order valence-corrected chi connectivity index (χ4v) is 1.51. The van der Waals surface area contributed by atoms with Crippen molar-refractivity contribution in [2.75, 3.05) is 0 Å². The van der Waals surface area contributed by atoms with Gasteiger partial charge in [-0.05, 0) is 12.1 Å². The van der Waals surface area contributed by atoms with Crippen LogP contribution in [0.5, 0.6) is 0 Å². The van der Waals surface area contributed by atoms with Crippen molar-refractivity contribution in [1.82, 2.24) is 20.0 Å². The summed E-state index contributed by atoms with van der Waals surface area (Å²) >= 11 is 0. The summed E-state index contributed by atoms with van der Waals surface area (Å²) < 4.78 is 39.2. The second-order valence-electron chi connectivity index (χ2n) is 3.94. The molecule has 2 aromatic heterocycles. The molecule has 7 heteroatoms. The van der Waals surface area contributed by atoms with Crippen molar-refractivity contribution in [3.63, 3.8) is 0 Å². The molecule has 0 bridgehead atoms. The van der Waals surface area contributed by atoms with Gasteiger partial charge in [0.25, 0.3) is 0 Å². The zero-order valence-electron chi connectivity index (χ0n) is 10.6. The molecular formula is C13H11F3N4. The van der Waals surface area contributed by atoms with Gasteiger partial charge in [-0.25, -0.2) is 4.68 Å². The lowest BCUT2D eigenvalue weighted by Crippen LogP contribution is -2.07. The fraction of sp³-hybridized carbons (Fsp3) is 0.308. The molecule has 0 radical (unpaired) electrons. The van der Waals surface area contributed by atoms with E-state index < -0.39 is 11.9 Å². The van der Waals surface area contributed by atoms with Crippen molar-refractivity contribution in [1.29, 1.82) is 0 Å². The van der Waals surface area contributed by atoms with Crippen molar-refractivity contribution >= 4 is 0 Å². The molecule has 0 fully saturated rings. The molecule has 0 amide bonds. The second kappa shape index (κ2) is 5.74. The molecule has 2 heterocycles. The summed E-state index contributed by atoms with van der Waals surface area (Å²) in [5.74, 6) is 5.75. The highest BCUT2D eigenvalue weighted by Gasteiger charge is 2.32. The molecule has 2 aromatic rings. The molecule has 0 saturated heterocycles. The molecule has 0 N–H and O–H groups in total. The maximum atomic E-state index is 12.6. The van der Waals surface area contributed by atoms with Gasteiger partial charge in [-0.2, -0.15) is 13.2 Å². The molecule has 0 aliphatic heterocycles. The maximum Gasteiger partial charge on any atom is 0.433 e. The molecule has 20 heavy (non-hydrogen) atoms. The van der Waals surface area contributed by atoms with Crippen molar-refractivity contribution in [2.24, 2.45) is 0 Å². The normalized spacial score (nSPS) is 11.0. The van der Waals surface area contributed by atoms with Crippen LogP contribution in [0.1, 0.15) is 19.0 Å². The van der Waals surface area contributed by atoms with Gasteiger partial charge in [0.1, 0.15) is 17.9 Å². The average Bonchev–Trinajstić information content (AvgIpc) is 2.87. The van der Waals surface area contributed by atoms with Crippen LogP contribution >= 0.6 is 0 Å². The molecule has 0 atom stereocenters. The van der Waals surface area contributed by atoms with Gasteiger partial charge >= 0.3 is 6.18 Å². The fourth-order valence-electron chi connectivity index (χ4n) is 1.51. The minimum Gasteiger partial charge on any atom is -0.252 e. The smallest absolute Gasteiger partial charge is 0.252 e. The highest BCUT2D eigenvalue weighted by atomic mass is 19.4. The van der Waals surface area contributed by atoms with Crippen LogP contribution in [0, 0.1) is 11.8 Å². The quantitative estimate of drug-likeness (QED) is 0.794. The Hall–Kier alpha value is -2.36. The van der Waals surface area contributed by atoms with Crippen LogP contribution < -0.4 is 0 Å². The van der Waals surface area contributed by atoms with Crippen LogP contribution in [-0.2, 0) is 12.7 Å². The Morgan fingerprint density at radius 1 is 1.30 bits per heavy atom. The van der Waals surface area contributed by atoms with Crippen molar-refractivity contribution in [3.8, 4) is 23.1 Å². The van der Waals surface area contributed by atoms with E-state index in [1.54, 1.807) is 6.20 Å². The Morgan fingerprint density at radius 2 is 2.10 bits per heavy atom. The van der Waals surface area contributed by atoms with Crippen molar-refractivity contribution < 1.29 is 13.2 Å². The summed E-state index contributed by atoms with van der Waals surface area (Å²) in [7, 11) is 0. The van der Waals surface area contributed by atoms with E-state index in [1.807, 2.05) is 6.92 Å². The van der Waals surface area contributed by atoms with E-state index in [0.29, 0.717) is 17.8 Å². The third-order valence-electron chi connectivity index (χ3n) is 2.43. The van der Waals surface area contributed by atoms with Crippen molar-refractivity contribution in [3.05, 3.63) is 30.2 Å². The first-order valence-electron chi connectivity index (χ1n) is 5.90. The lowest BCUT2D eigenvalue weighted by molar-refractivity contribution is -0.141. The van der Waals surface area contributed by atoms with Gasteiger partial charge in [-0.1, -0.05) is 18.1 Å². The maximum absolute atomic E-state index is 12.6. The van der Waals surface area contributed by atoms with E-state index in [0.717, 1.165) is 18.7 Å². The second-order valence-corrected chi connectivity index (χ2v) is 3.94. The minimum absolute atomic E-state index is 0.321. The molecule has 0 spiro atoms. The molecule has 0 aliphatic carbocycles. The number of hydrogen-bond acceptors (Lipinski definition) is 3. The Labute approximate surface area is 113 Å². The summed E-state index contributed by atoms with van der Waals surface area (Å²) in [4.78, 5) is 3.30. The van der Waals surface area contributed by atoms with Gasteiger partial charge in [-0.3, -0.25) is 4.98 Å². The number of pyridine rings is 1. The summed E-state index contributed by atoms with van der Waals surface area (Å²) in [6.07, 6.45) is -1.08. The topological polar surface area (TPSA) is 43.6 Å². The lowest BCUT2D eigenvalue weighted by Gasteiger charge is -2.05. The first-order chi connectivity index (χ1) is 9.50. The Bertz CT molecular complexity index is 649. The molecule has 2 rings (SSSR count). The number of nitrogens with zero attached hydrogens (tertiary/aromatic N) is 4. The van der Waals surface area contributed by atoms with E-state index >= 15 is 0 Å². The Kier molecular flexibility index (Phi) is 4.03. The first kappa shape index (κ1) is 14.1. The van der Waals surface area contributed by atoms with Gasteiger partial charge in [0.05, 0.1) is 6.20 Å². The minimum atomic E-state index is -4.47. The molecule has 0 saturated carbocycles. The van der Waals surface area contributed by atoms with Crippen LogP contribution in [0.3, 0.4) is 0 Å². The third-order valence-corrected chi connectivity index (χ3v) is 2.43. The van der Waals surface area contributed by atoms with E-state index in [9.17, 15) is 13.2 Å². The van der Waals surface area contributed by atoms with Crippen molar-refractivity contribution in [2.45, 2.75) is 26.1 Å². The van der Waals surface area contributed by atoms with Crippen LogP contribution in [-0.4, -0.2) is 20.0 Å². The molecular weight excluding hydrogens is 269 g/mol. The third kappa shape index (κ3) is 3.35. The predicted molar refractivity (Wildman–Crippen MR) is 66.3 cm³/mol. The summed E-state index contributed by atoms with van der Waals surface area (Å²) in [5, 5.41) is 7.66. The van der Waals surface area contributed by atoms with Gasteiger partial charge in [0.15, 0.2) is 0 Å². The monoisotopic (exact) mass is 280 g/mol. The molecule has 0 aliphatic rings. The summed E-state index contributed by atoms with van der Waals surface area (Å²) in [6.45, 7) is 2.29. The zero-order chi connectivity index (χ0) is 14.6. The average molecular weight is 280 g/mol. The lowest BCUT2D eigenvalue weighted by atomic mass is 10.2. The number of alkyl halides is 3.